The smallest absolute Gasteiger partial charge is 0.274 e. The van der Waals surface area contributed by atoms with Gasteiger partial charge >= 0.3 is 0 Å². The predicted octanol–water partition coefficient (Wildman–Crippen LogP) is 1.40. The summed E-state index contributed by atoms with van der Waals surface area (Å²) in [4.78, 5) is 3.20. The standard InChI is InChI=1S/C23H28N4O/c1-17-7-6-10-20(15-17)23-25-24-22(28-23)19(3)27-13-11-26(12-14-27)16-21-9-5-4-8-18(21)2/h4-10,15,19H,11-14,16H2,1-3H3/p+2/t19-/m1/s1. The first-order chi connectivity index (χ1) is 13.6. The third kappa shape index (κ3) is 4.16. The molecule has 146 valence electrons. The molecule has 0 unspecified atom stereocenters. The Labute approximate surface area is 167 Å². The molecule has 0 bridgehead atoms. The lowest BCUT2D eigenvalue weighted by Gasteiger charge is -2.32. The Kier molecular flexibility index (Phi) is 5.55. The van der Waals surface area contributed by atoms with Gasteiger partial charge in [0.1, 0.15) is 32.7 Å². The summed E-state index contributed by atoms with van der Waals surface area (Å²) in [5.74, 6) is 1.36. The van der Waals surface area contributed by atoms with Crippen molar-refractivity contribution in [1.29, 1.82) is 0 Å². The van der Waals surface area contributed by atoms with Crippen molar-refractivity contribution < 1.29 is 14.2 Å². The first-order valence-corrected chi connectivity index (χ1v) is 10.2. The molecular formula is C23H30N4O+2. The Hall–Kier alpha value is -2.50. The predicted molar refractivity (Wildman–Crippen MR) is 109 cm³/mol. The van der Waals surface area contributed by atoms with E-state index in [0.29, 0.717) is 5.89 Å². The highest BCUT2D eigenvalue weighted by molar-refractivity contribution is 5.53. The molecule has 0 amide bonds. The maximum atomic E-state index is 6.03. The molecule has 0 radical (unpaired) electrons. The number of piperazine rings is 1. The first-order valence-electron chi connectivity index (χ1n) is 10.2. The van der Waals surface area contributed by atoms with E-state index in [9.17, 15) is 0 Å². The number of aromatic nitrogens is 2. The summed E-state index contributed by atoms with van der Waals surface area (Å²) in [6, 6.07) is 17.2. The van der Waals surface area contributed by atoms with E-state index in [1.807, 2.05) is 12.1 Å². The second kappa shape index (κ2) is 8.25. The van der Waals surface area contributed by atoms with Crippen molar-refractivity contribution in [3.63, 3.8) is 0 Å². The van der Waals surface area contributed by atoms with Crippen LogP contribution >= 0.6 is 0 Å². The third-order valence-electron chi connectivity index (χ3n) is 5.99. The monoisotopic (exact) mass is 378 g/mol. The third-order valence-corrected chi connectivity index (χ3v) is 5.99. The largest absolute Gasteiger partial charge is 0.415 e. The van der Waals surface area contributed by atoms with Gasteiger partial charge in [0.15, 0.2) is 6.04 Å². The highest BCUT2D eigenvalue weighted by Crippen LogP contribution is 2.20. The normalized spacial score (nSPS) is 20.8. The molecular weight excluding hydrogens is 348 g/mol. The fourth-order valence-corrected chi connectivity index (χ4v) is 4.09. The van der Waals surface area contributed by atoms with Crippen molar-refractivity contribution in [3.8, 4) is 11.5 Å². The van der Waals surface area contributed by atoms with Gasteiger partial charge < -0.3 is 14.2 Å². The van der Waals surface area contributed by atoms with Crippen LogP contribution in [0.4, 0.5) is 0 Å². The molecule has 0 aliphatic carbocycles. The van der Waals surface area contributed by atoms with E-state index in [-0.39, 0.29) is 6.04 Å². The quantitative estimate of drug-likeness (QED) is 0.706. The maximum absolute atomic E-state index is 6.03. The molecule has 1 aliphatic rings. The Morgan fingerprint density at radius 2 is 1.75 bits per heavy atom. The number of hydrogen-bond acceptors (Lipinski definition) is 3. The molecule has 4 rings (SSSR count). The van der Waals surface area contributed by atoms with Crippen molar-refractivity contribution >= 4 is 0 Å². The Bertz CT molecular complexity index is 928. The molecule has 3 aromatic rings. The van der Waals surface area contributed by atoms with Crippen LogP contribution in [0.5, 0.6) is 0 Å². The van der Waals surface area contributed by atoms with Crippen molar-refractivity contribution in [2.24, 2.45) is 0 Å². The van der Waals surface area contributed by atoms with E-state index < -0.39 is 0 Å². The second-order valence-corrected chi connectivity index (χ2v) is 8.05. The van der Waals surface area contributed by atoms with Crippen molar-refractivity contribution in [1.82, 2.24) is 10.2 Å². The zero-order chi connectivity index (χ0) is 19.5. The van der Waals surface area contributed by atoms with E-state index in [2.05, 4.69) is 67.4 Å². The lowest BCUT2D eigenvalue weighted by Crippen LogP contribution is -3.27. The molecule has 1 aromatic heterocycles. The minimum atomic E-state index is 0.228. The number of aryl methyl sites for hydroxylation is 2. The lowest BCUT2D eigenvalue weighted by molar-refractivity contribution is -1.03. The van der Waals surface area contributed by atoms with Gasteiger partial charge in [-0.25, -0.2) is 0 Å². The van der Waals surface area contributed by atoms with Gasteiger partial charge in [0, 0.05) is 11.1 Å². The van der Waals surface area contributed by atoms with E-state index in [0.717, 1.165) is 31.1 Å². The van der Waals surface area contributed by atoms with Crippen LogP contribution in [0, 0.1) is 13.8 Å². The number of nitrogens with zero attached hydrogens (tertiary/aromatic N) is 2. The fourth-order valence-electron chi connectivity index (χ4n) is 4.09. The van der Waals surface area contributed by atoms with Gasteiger partial charge in [-0.3, -0.25) is 0 Å². The molecule has 28 heavy (non-hydrogen) atoms. The van der Waals surface area contributed by atoms with Crippen LogP contribution < -0.4 is 9.80 Å². The summed E-state index contributed by atoms with van der Waals surface area (Å²) in [5.41, 5.74) is 5.05. The zero-order valence-corrected chi connectivity index (χ0v) is 17.0. The van der Waals surface area contributed by atoms with Crippen molar-refractivity contribution in [3.05, 3.63) is 71.1 Å². The van der Waals surface area contributed by atoms with Gasteiger partial charge in [-0.05, 0) is 38.5 Å². The summed E-state index contributed by atoms with van der Waals surface area (Å²) in [7, 11) is 0. The molecule has 1 atom stereocenters. The molecule has 2 aromatic carbocycles. The van der Waals surface area contributed by atoms with E-state index in [1.54, 1.807) is 4.90 Å². The number of nitrogens with one attached hydrogen (secondary N) is 2. The fraction of sp³-hybridized carbons (Fsp3) is 0.391. The molecule has 0 saturated carbocycles. The van der Waals surface area contributed by atoms with Crippen LogP contribution in [-0.2, 0) is 6.54 Å². The topological polar surface area (TPSA) is 47.8 Å². The van der Waals surface area contributed by atoms with Gasteiger partial charge in [0.25, 0.3) is 5.89 Å². The summed E-state index contributed by atoms with van der Waals surface area (Å²) in [5, 5.41) is 8.64. The zero-order valence-electron chi connectivity index (χ0n) is 17.0. The summed E-state index contributed by atoms with van der Waals surface area (Å²) < 4.78 is 6.03. The molecule has 2 N–H and O–H groups in total. The lowest BCUT2D eigenvalue weighted by atomic mass is 10.1. The summed E-state index contributed by atoms with van der Waals surface area (Å²) in [6.45, 7) is 12.2. The van der Waals surface area contributed by atoms with Crippen LogP contribution in [0.1, 0.15) is 35.5 Å². The van der Waals surface area contributed by atoms with Gasteiger partial charge in [0.2, 0.25) is 5.89 Å². The molecule has 1 fully saturated rings. The highest BCUT2D eigenvalue weighted by atomic mass is 16.4. The number of hydrogen-bond donors (Lipinski definition) is 2. The van der Waals surface area contributed by atoms with Crippen LogP contribution in [0.2, 0.25) is 0 Å². The number of rotatable bonds is 5. The Morgan fingerprint density at radius 3 is 2.50 bits per heavy atom. The van der Waals surface area contributed by atoms with Crippen LogP contribution in [0.25, 0.3) is 11.5 Å². The average molecular weight is 379 g/mol. The van der Waals surface area contributed by atoms with Crippen molar-refractivity contribution in [2.75, 3.05) is 26.2 Å². The highest BCUT2D eigenvalue weighted by Gasteiger charge is 2.31. The number of benzene rings is 2. The van der Waals surface area contributed by atoms with Gasteiger partial charge in [-0.1, -0.05) is 42.0 Å². The van der Waals surface area contributed by atoms with Crippen molar-refractivity contribution in [2.45, 2.75) is 33.4 Å². The molecule has 2 heterocycles. The maximum Gasteiger partial charge on any atom is 0.274 e. The minimum absolute atomic E-state index is 0.228. The van der Waals surface area contributed by atoms with Gasteiger partial charge in [-0.15, -0.1) is 10.2 Å². The van der Waals surface area contributed by atoms with Gasteiger partial charge in [0.05, 0.1) is 0 Å². The first kappa shape index (κ1) is 18.8. The SMILES string of the molecule is Cc1cccc(-c2nnc([C@@H](C)[NH+]3CC[NH+](Cc4ccccc4C)CC3)o2)c1. The average Bonchev–Trinajstić information content (AvgIpc) is 3.20. The molecule has 5 heteroatoms. The van der Waals surface area contributed by atoms with Crippen LogP contribution in [0.3, 0.4) is 0 Å². The number of quaternary nitrogens is 2. The van der Waals surface area contributed by atoms with Crippen LogP contribution in [0.15, 0.2) is 52.9 Å². The molecule has 5 nitrogen and oxygen atoms in total. The van der Waals surface area contributed by atoms with E-state index in [4.69, 9.17) is 4.42 Å². The Morgan fingerprint density at radius 1 is 0.964 bits per heavy atom. The molecule has 1 aliphatic heterocycles. The second-order valence-electron chi connectivity index (χ2n) is 8.05. The van der Waals surface area contributed by atoms with Crippen LogP contribution in [-0.4, -0.2) is 36.4 Å². The minimum Gasteiger partial charge on any atom is -0.415 e. The van der Waals surface area contributed by atoms with E-state index >= 15 is 0 Å². The Balaban J connectivity index is 1.37. The molecule has 1 saturated heterocycles. The van der Waals surface area contributed by atoms with Gasteiger partial charge in [-0.2, -0.15) is 0 Å². The van der Waals surface area contributed by atoms with E-state index in [1.165, 1.54) is 34.7 Å². The summed E-state index contributed by atoms with van der Waals surface area (Å²) >= 11 is 0. The molecule has 0 spiro atoms. The summed E-state index contributed by atoms with van der Waals surface area (Å²) in [6.07, 6.45) is 0.